The number of aromatic carboxylic acids is 2. The summed E-state index contributed by atoms with van der Waals surface area (Å²) in [5.41, 5.74) is -2.30. The van der Waals surface area contributed by atoms with Crippen molar-refractivity contribution in [2.24, 2.45) is 0 Å². The van der Waals surface area contributed by atoms with Gasteiger partial charge in [0.05, 0.1) is 11.1 Å². The highest BCUT2D eigenvalue weighted by Crippen LogP contribution is 2.37. The summed E-state index contributed by atoms with van der Waals surface area (Å²) in [5, 5.41) is 39.7. The number of rotatable bonds is 5. The van der Waals surface area contributed by atoms with Gasteiger partial charge in [0.25, 0.3) is 0 Å². The molecule has 0 fully saturated rings. The highest BCUT2D eigenvalue weighted by Gasteiger charge is 2.38. The number of hydrogen-bond donors (Lipinski definition) is 4. The van der Waals surface area contributed by atoms with Gasteiger partial charge in [-0.1, -0.05) is 36.4 Å². The Morgan fingerprint density at radius 2 is 1.39 bits per heavy atom. The second-order valence-electron chi connectivity index (χ2n) is 5.29. The van der Waals surface area contributed by atoms with Gasteiger partial charge in [-0.2, -0.15) is 0 Å². The summed E-state index contributed by atoms with van der Waals surface area (Å²) in [6.07, 6.45) is -1.62. The van der Waals surface area contributed by atoms with Gasteiger partial charge in [0.15, 0.2) is 0 Å². The van der Waals surface area contributed by atoms with Crippen LogP contribution in [-0.4, -0.2) is 32.4 Å². The number of aliphatic hydroxyl groups is 2. The second kappa shape index (κ2) is 6.20. The van der Waals surface area contributed by atoms with Crippen LogP contribution in [0.4, 0.5) is 0 Å². The molecular formula is C17H16O6. The van der Waals surface area contributed by atoms with Crippen LogP contribution in [0.2, 0.25) is 0 Å². The summed E-state index contributed by atoms with van der Waals surface area (Å²) in [6.45, 7) is 1.25. The average molecular weight is 316 g/mol. The predicted molar refractivity (Wildman–Crippen MR) is 81.3 cm³/mol. The molecule has 120 valence electrons. The van der Waals surface area contributed by atoms with Crippen molar-refractivity contribution < 1.29 is 30.0 Å². The summed E-state index contributed by atoms with van der Waals surface area (Å²) in [6, 6.07) is 11.4. The van der Waals surface area contributed by atoms with Crippen molar-refractivity contribution in [2.75, 3.05) is 0 Å². The minimum Gasteiger partial charge on any atom is -0.478 e. The molecule has 6 heteroatoms. The number of carboxylic acid groups (broad SMARTS) is 2. The zero-order chi connectivity index (χ0) is 17.2. The Morgan fingerprint density at radius 3 is 1.96 bits per heavy atom. The van der Waals surface area contributed by atoms with E-state index in [0.29, 0.717) is 0 Å². The van der Waals surface area contributed by atoms with E-state index in [1.54, 1.807) is 0 Å². The molecule has 0 radical (unpaired) electrons. The van der Waals surface area contributed by atoms with E-state index in [1.165, 1.54) is 55.5 Å². The van der Waals surface area contributed by atoms with E-state index >= 15 is 0 Å². The molecule has 0 aliphatic heterocycles. The van der Waals surface area contributed by atoms with E-state index in [4.69, 9.17) is 0 Å². The van der Waals surface area contributed by atoms with Gasteiger partial charge in [0.1, 0.15) is 11.7 Å². The third kappa shape index (κ3) is 3.08. The second-order valence-corrected chi connectivity index (χ2v) is 5.29. The molecular weight excluding hydrogens is 300 g/mol. The van der Waals surface area contributed by atoms with E-state index in [1.807, 2.05) is 0 Å². The standard InChI is InChI=1S/C17H16O6/c1-17(23,13-9-5-4-8-12(13)16(21)22)14(18)10-6-2-3-7-11(10)15(19)20/h2-9,14,18,23H,1H3,(H,19,20)(H,21,22). The molecule has 0 aromatic heterocycles. The molecule has 2 atom stereocenters. The fraction of sp³-hybridized carbons (Fsp3) is 0.176. The molecule has 0 saturated heterocycles. The summed E-state index contributed by atoms with van der Waals surface area (Å²) in [7, 11) is 0. The molecule has 23 heavy (non-hydrogen) atoms. The Balaban J connectivity index is 2.57. The molecule has 2 aromatic carbocycles. The molecule has 2 unspecified atom stereocenters. The normalized spacial score (nSPS) is 14.7. The fourth-order valence-electron chi connectivity index (χ4n) is 2.49. The summed E-state index contributed by atoms with van der Waals surface area (Å²) < 4.78 is 0. The van der Waals surface area contributed by atoms with Crippen LogP contribution in [0.25, 0.3) is 0 Å². The van der Waals surface area contributed by atoms with Crippen LogP contribution in [-0.2, 0) is 5.60 Å². The lowest BCUT2D eigenvalue weighted by Crippen LogP contribution is -2.33. The van der Waals surface area contributed by atoms with Crippen LogP contribution in [0.3, 0.4) is 0 Å². The van der Waals surface area contributed by atoms with Gasteiger partial charge < -0.3 is 20.4 Å². The van der Waals surface area contributed by atoms with E-state index in [2.05, 4.69) is 0 Å². The van der Waals surface area contributed by atoms with Gasteiger partial charge in [0.2, 0.25) is 0 Å². The Labute approximate surface area is 132 Å². The van der Waals surface area contributed by atoms with Crippen LogP contribution in [0, 0.1) is 0 Å². The van der Waals surface area contributed by atoms with Gasteiger partial charge >= 0.3 is 11.9 Å². The molecule has 6 nitrogen and oxygen atoms in total. The SMILES string of the molecule is CC(O)(c1ccccc1C(=O)O)C(O)c1ccccc1C(=O)O. The maximum Gasteiger partial charge on any atom is 0.336 e. The fourth-order valence-corrected chi connectivity index (χ4v) is 2.49. The van der Waals surface area contributed by atoms with Crippen molar-refractivity contribution in [3.05, 3.63) is 70.8 Å². The number of benzene rings is 2. The Bertz CT molecular complexity index is 750. The molecule has 0 amide bonds. The van der Waals surface area contributed by atoms with Gasteiger partial charge in [-0.3, -0.25) is 0 Å². The topological polar surface area (TPSA) is 115 Å². The first-order valence-corrected chi connectivity index (χ1v) is 6.82. The highest BCUT2D eigenvalue weighted by molar-refractivity contribution is 5.90. The molecule has 2 aromatic rings. The van der Waals surface area contributed by atoms with Crippen molar-refractivity contribution >= 4 is 11.9 Å². The van der Waals surface area contributed by atoms with Gasteiger partial charge in [-0.15, -0.1) is 0 Å². The van der Waals surface area contributed by atoms with E-state index in [-0.39, 0.29) is 22.3 Å². The van der Waals surface area contributed by atoms with Crippen LogP contribution in [0.5, 0.6) is 0 Å². The van der Waals surface area contributed by atoms with E-state index in [9.17, 15) is 30.0 Å². The lowest BCUT2D eigenvalue weighted by molar-refractivity contribution is -0.0698. The maximum atomic E-state index is 11.3. The average Bonchev–Trinajstić information content (AvgIpc) is 2.54. The van der Waals surface area contributed by atoms with Crippen molar-refractivity contribution in [2.45, 2.75) is 18.6 Å². The quantitative estimate of drug-likeness (QED) is 0.671. The third-order valence-electron chi connectivity index (χ3n) is 3.72. The first-order chi connectivity index (χ1) is 10.8. The Morgan fingerprint density at radius 1 is 0.913 bits per heavy atom. The number of carboxylic acids is 2. The van der Waals surface area contributed by atoms with Crippen LogP contribution in [0.15, 0.2) is 48.5 Å². The predicted octanol–water partition coefficient (Wildman–Crippen LogP) is 2.02. The van der Waals surface area contributed by atoms with E-state index in [0.717, 1.165) is 0 Å². The summed E-state index contributed by atoms with van der Waals surface area (Å²) >= 11 is 0. The maximum absolute atomic E-state index is 11.3. The van der Waals surface area contributed by atoms with E-state index < -0.39 is 23.6 Å². The zero-order valence-corrected chi connectivity index (χ0v) is 12.3. The van der Waals surface area contributed by atoms with Crippen LogP contribution >= 0.6 is 0 Å². The van der Waals surface area contributed by atoms with Gasteiger partial charge in [-0.05, 0) is 24.6 Å². The Hall–Kier alpha value is -2.70. The third-order valence-corrected chi connectivity index (χ3v) is 3.72. The lowest BCUT2D eigenvalue weighted by Gasteiger charge is -2.31. The van der Waals surface area contributed by atoms with Crippen LogP contribution < -0.4 is 0 Å². The number of carbonyl (C=O) groups is 2. The monoisotopic (exact) mass is 316 g/mol. The molecule has 0 aliphatic carbocycles. The van der Waals surface area contributed by atoms with Crippen molar-refractivity contribution in [1.82, 2.24) is 0 Å². The first-order valence-electron chi connectivity index (χ1n) is 6.82. The van der Waals surface area contributed by atoms with Gasteiger partial charge in [0, 0.05) is 5.56 Å². The largest absolute Gasteiger partial charge is 0.478 e. The molecule has 0 bridgehead atoms. The number of hydrogen-bond acceptors (Lipinski definition) is 4. The number of aliphatic hydroxyl groups excluding tert-OH is 1. The minimum absolute atomic E-state index is 0.000178. The van der Waals surface area contributed by atoms with Crippen molar-refractivity contribution in [1.29, 1.82) is 0 Å². The molecule has 0 spiro atoms. The first kappa shape index (κ1) is 16.7. The highest BCUT2D eigenvalue weighted by atomic mass is 16.4. The molecule has 4 N–H and O–H groups in total. The van der Waals surface area contributed by atoms with Crippen LogP contribution in [0.1, 0.15) is 44.9 Å². The Kier molecular flexibility index (Phi) is 4.49. The minimum atomic E-state index is -1.99. The van der Waals surface area contributed by atoms with Crippen molar-refractivity contribution in [3.8, 4) is 0 Å². The smallest absolute Gasteiger partial charge is 0.336 e. The summed E-state index contributed by atoms with van der Waals surface area (Å²) in [4.78, 5) is 22.6. The van der Waals surface area contributed by atoms with Gasteiger partial charge in [-0.25, -0.2) is 9.59 Å². The lowest BCUT2D eigenvalue weighted by atomic mass is 9.82. The molecule has 0 heterocycles. The van der Waals surface area contributed by atoms with Crippen molar-refractivity contribution in [3.63, 3.8) is 0 Å². The molecule has 0 aliphatic rings. The zero-order valence-electron chi connectivity index (χ0n) is 12.3. The summed E-state index contributed by atoms with van der Waals surface area (Å²) in [5.74, 6) is -2.50. The molecule has 0 saturated carbocycles. The molecule has 2 rings (SSSR count).